The van der Waals surface area contributed by atoms with Crippen LogP contribution in [-0.2, 0) is 11.2 Å². The highest BCUT2D eigenvalue weighted by Crippen LogP contribution is 2.46. The molecule has 1 aromatic heterocycles. The van der Waals surface area contributed by atoms with E-state index in [0.29, 0.717) is 13.0 Å². The van der Waals surface area contributed by atoms with Crippen molar-refractivity contribution >= 4 is 17.1 Å². The molecule has 0 atom stereocenters. The Balaban J connectivity index is 1.74. The number of carbonyl (C=O) groups excluding carboxylic acids is 1. The number of rotatable bonds is 5. The Bertz CT molecular complexity index is 587. The summed E-state index contributed by atoms with van der Waals surface area (Å²) >= 11 is 1.55. The molecule has 0 saturated heterocycles. The molecule has 3 nitrogen and oxygen atoms in total. The van der Waals surface area contributed by atoms with Crippen LogP contribution in [0.15, 0.2) is 35.7 Å². The summed E-state index contributed by atoms with van der Waals surface area (Å²) in [6.45, 7) is 0.475. The first-order chi connectivity index (χ1) is 9.23. The monoisotopic (exact) mass is 272 g/mol. The molecule has 2 aromatic rings. The fraction of sp³-hybridized carbons (Fsp3) is 0.333. The predicted molar refractivity (Wildman–Crippen MR) is 77.0 cm³/mol. The van der Waals surface area contributed by atoms with Crippen LogP contribution in [0, 0.1) is 5.41 Å². The Morgan fingerprint density at radius 1 is 1.32 bits per heavy atom. The molecule has 1 heterocycles. The molecule has 4 heteroatoms. The molecule has 0 bridgehead atoms. The van der Waals surface area contributed by atoms with E-state index in [-0.39, 0.29) is 11.2 Å². The van der Waals surface area contributed by atoms with Gasteiger partial charge in [-0.15, -0.1) is 11.3 Å². The number of nitrogens with zero attached hydrogens (tertiary/aromatic N) is 1. The van der Waals surface area contributed by atoms with Gasteiger partial charge < -0.3 is 5.73 Å². The lowest BCUT2D eigenvalue weighted by Gasteiger charge is -2.08. The summed E-state index contributed by atoms with van der Waals surface area (Å²) in [7, 11) is 0. The zero-order valence-electron chi connectivity index (χ0n) is 10.6. The minimum atomic E-state index is -0.224. The molecule has 0 aliphatic heterocycles. The van der Waals surface area contributed by atoms with E-state index in [1.807, 2.05) is 35.7 Å². The fourth-order valence-corrected chi connectivity index (χ4v) is 3.01. The van der Waals surface area contributed by atoms with Crippen LogP contribution in [0.2, 0.25) is 0 Å². The Morgan fingerprint density at radius 3 is 2.68 bits per heavy atom. The molecular formula is C15H16N2OS. The van der Waals surface area contributed by atoms with Gasteiger partial charge in [-0.05, 0) is 12.8 Å². The van der Waals surface area contributed by atoms with Crippen LogP contribution in [0.3, 0.4) is 0 Å². The molecule has 0 unspecified atom stereocenters. The molecule has 2 N–H and O–H groups in total. The summed E-state index contributed by atoms with van der Waals surface area (Å²) in [4.78, 5) is 16.7. The van der Waals surface area contributed by atoms with Gasteiger partial charge in [0.15, 0.2) is 0 Å². The number of hydrogen-bond donors (Lipinski definition) is 1. The zero-order valence-corrected chi connectivity index (χ0v) is 11.5. The molecule has 3 rings (SSSR count). The number of ketones is 1. The van der Waals surface area contributed by atoms with E-state index >= 15 is 0 Å². The Morgan fingerprint density at radius 2 is 2.05 bits per heavy atom. The number of nitrogens with two attached hydrogens (primary N) is 1. The maximum atomic E-state index is 12.2. The summed E-state index contributed by atoms with van der Waals surface area (Å²) in [5.41, 5.74) is 7.50. The summed E-state index contributed by atoms with van der Waals surface area (Å²) in [5.74, 6) is 0.254. The lowest BCUT2D eigenvalue weighted by atomic mass is 9.99. The largest absolute Gasteiger partial charge is 0.329 e. The van der Waals surface area contributed by atoms with Crippen molar-refractivity contribution < 1.29 is 4.79 Å². The lowest BCUT2D eigenvalue weighted by Crippen LogP contribution is -2.26. The van der Waals surface area contributed by atoms with E-state index in [4.69, 9.17) is 5.73 Å². The molecule has 19 heavy (non-hydrogen) atoms. The van der Waals surface area contributed by atoms with Gasteiger partial charge in [0, 0.05) is 22.9 Å². The standard InChI is InChI=1S/C15H16N2OS/c16-10-15(6-7-15)13(18)8-14-17-12(9-19-14)11-4-2-1-3-5-11/h1-5,9H,6-8,10,16H2. The SMILES string of the molecule is NCC1(C(=O)Cc2nc(-c3ccccc3)cs2)CC1. The maximum Gasteiger partial charge on any atom is 0.147 e. The molecule has 0 amide bonds. The van der Waals surface area contributed by atoms with E-state index in [9.17, 15) is 4.79 Å². The second-order valence-electron chi connectivity index (χ2n) is 5.08. The number of hydrogen-bond acceptors (Lipinski definition) is 4. The highest BCUT2D eigenvalue weighted by atomic mass is 32.1. The number of Topliss-reactive ketones (excluding diaryl/α,β-unsaturated/α-hetero) is 1. The van der Waals surface area contributed by atoms with Crippen LogP contribution in [-0.4, -0.2) is 17.3 Å². The van der Waals surface area contributed by atoms with Gasteiger partial charge in [0.05, 0.1) is 12.1 Å². The first-order valence-electron chi connectivity index (χ1n) is 6.47. The summed E-state index contributed by atoms with van der Waals surface area (Å²) in [6, 6.07) is 10.0. The van der Waals surface area contributed by atoms with Gasteiger partial charge in [0.1, 0.15) is 10.8 Å². The highest BCUT2D eigenvalue weighted by molar-refractivity contribution is 7.10. The van der Waals surface area contributed by atoms with E-state index in [2.05, 4.69) is 4.98 Å². The molecule has 1 aliphatic rings. The van der Waals surface area contributed by atoms with E-state index in [0.717, 1.165) is 29.1 Å². The Hall–Kier alpha value is -1.52. The van der Waals surface area contributed by atoms with Crippen molar-refractivity contribution in [1.82, 2.24) is 4.98 Å². The highest BCUT2D eigenvalue weighted by Gasteiger charge is 2.47. The van der Waals surface area contributed by atoms with Crippen molar-refractivity contribution in [3.05, 3.63) is 40.7 Å². The Labute approximate surface area is 116 Å². The van der Waals surface area contributed by atoms with Crippen LogP contribution < -0.4 is 5.73 Å². The van der Waals surface area contributed by atoms with Crippen molar-refractivity contribution in [2.24, 2.45) is 11.1 Å². The molecule has 1 saturated carbocycles. The van der Waals surface area contributed by atoms with Gasteiger partial charge in [-0.25, -0.2) is 4.98 Å². The van der Waals surface area contributed by atoms with Crippen LogP contribution >= 0.6 is 11.3 Å². The van der Waals surface area contributed by atoms with Crippen molar-refractivity contribution in [2.45, 2.75) is 19.3 Å². The van der Waals surface area contributed by atoms with Crippen molar-refractivity contribution in [3.8, 4) is 11.3 Å². The second-order valence-corrected chi connectivity index (χ2v) is 6.02. The van der Waals surface area contributed by atoms with Gasteiger partial charge in [-0.2, -0.15) is 0 Å². The van der Waals surface area contributed by atoms with E-state index in [1.54, 1.807) is 11.3 Å². The topological polar surface area (TPSA) is 56.0 Å². The smallest absolute Gasteiger partial charge is 0.147 e. The molecule has 0 radical (unpaired) electrons. The summed E-state index contributed by atoms with van der Waals surface area (Å²) < 4.78 is 0. The third-order valence-corrected chi connectivity index (χ3v) is 4.62. The molecule has 1 fully saturated rings. The maximum absolute atomic E-state index is 12.2. The molecular weight excluding hydrogens is 256 g/mol. The average molecular weight is 272 g/mol. The third kappa shape index (κ3) is 2.46. The van der Waals surface area contributed by atoms with Gasteiger partial charge in [0.2, 0.25) is 0 Å². The minimum Gasteiger partial charge on any atom is -0.329 e. The number of carbonyl (C=O) groups is 1. The van der Waals surface area contributed by atoms with Crippen molar-refractivity contribution in [1.29, 1.82) is 0 Å². The molecule has 98 valence electrons. The Kier molecular flexibility index (Phi) is 3.21. The van der Waals surface area contributed by atoms with Crippen LogP contribution in [0.5, 0.6) is 0 Å². The quantitative estimate of drug-likeness (QED) is 0.910. The van der Waals surface area contributed by atoms with Crippen LogP contribution in [0.25, 0.3) is 11.3 Å². The second kappa shape index (κ2) is 4.87. The average Bonchev–Trinajstić information content (AvgIpc) is 3.13. The number of benzene rings is 1. The van der Waals surface area contributed by atoms with Gasteiger partial charge in [-0.1, -0.05) is 30.3 Å². The van der Waals surface area contributed by atoms with Crippen molar-refractivity contribution in [3.63, 3.8) is 0 Å². The summed E-state index contributed by atoms with van der Waals surface area (Å²) in [6.07, 6.45) is 2.31. The molecule has 1 aliphatic carbocycles. The third-order valence-electron chi connectivity index (χ3n) is 3.77. The molecule has 1 aromatic carbocycles. The summed E-state index contributed by atoms with van der Waals surface area (Å²) in [5, 5.41) is 2.91. The molecule has 0 spiro atoms. The predicted octanol–water partition coefficient (Wildman–Crippen LogP) is 2.66. The van der Waals surface area contributed by atoms with Crippen molar-refractivity contribution in [2.75, 3.05) is 6.54 Å². The van der Waals surface area contributed by atoms with Crippen LogP contribution in [0.4, 0.5) is 0 Å². The number of aromatic nitrogens is 1. The first-order valence-corrected chi connectivity index (χ1v) is 7.35. The van der Waals surface area contributed by atoms with Gasteiger partial charge >= 0.3 is 0 Å². The van der Waals surface area contributed by atoms with Gasteiger partial charge in [0.25, 0.3) is 0 Å². The first kappa shape index (κ1) is 12.5. The fourth-order valence-electron chi connectivity index (χ4n) is 2.21. The van der Waals surface area contributed by atoms with E-state index < -0.39 is 0 Å². The number of thiazole rings is 1. The zero-order chi connectivity index (χ0) is 13.3. The van der Waals surface area contributed by atoms with Crippen LogP contribution in [0.1, 0.15) is 17.8 Å². The lowest BCUT2D eigenvalue weighted by molar-refractivity contribution is -0.123. The van der Waals surface area contributed by atoms with E-state index in [1.165, 1.54) is 0 Å². The minimum absolute atomic E-state index is 0.224. The normalized spacial score (nSPS) is 16.3. The van der Waals surface area contributed by atoms with Gasteiger partial charge in [-0.3, -0.25) is 4.79 Å².